The Hall–Kier alpha value is -3.26. The number of hydrogen-bond acceptors (Lipinski definition) is 5. The molecular formula is C20H21N5O3. The van der Waals surface area contributed by atoms with Crippen molar-refractivity contribution in [3.63, 3.8) is 0 Å². The van der Waals surface area contributed by atoms with E-state index in [1.807, 2.05) is 13.0 Å². The van der Waals surface area contributed by atoms with E-state index in [2.05, 4.69) is 20.9 Å². The van der Waals surface area contributed by atoms with Crippen molar-refractivity contribution >= 4 is 34.2 Å². The van der Waals surface area contributed by atoms with Gasteiger partial charge in [-0.05, 0) is 62.2 Å². The minimum Gasteiger partial charge on any atom is -0.368 e. The molecule has 0 unspecified atom stereocenters. The van der Waals surface area contributed by atoms with Gasteiger partial charge in [0.05, 0.1) is 5.52 Å². The molecule has 28 heavy (non-hydrogen) atoms. The van der Waals surface area contributed by atoms with Crippen LogP contribution in [-0.4, -0.2) is 39.5 Å². The van der Waals surface area contributed by atoms with E-state index in [-0.39, 0.29) is 17.9 Å². The van der Waals surface area contributed by atoms with Crippen molar-refractivity contribution in [1.82, 2.24) is 15.0 Å². The quantitative estimate of drug-likeness (QED) is 0.710. The van der Waals surface area contributed by atoms with Gasteiger partial charge in [-0.25, -0.2) is 4.68 Å². The van der Waals surface area contributed by atoms with Crippen LogP contribution >= 0.6 is 0 Å². The molecule has 0 radical (unpaired) electrons. The summed E-state index contributed by atoms with van der Waals surface area (Å²) < 4.78 is 7.15. The third-order valence-corrected chi connectivity index (χ3v) is 4.71. The van der Waals surface area contributed by atoms with E-state index >= 15 is 0 Å². The maximum atomic E-state index is 12.5. The molecule has 1 aliphatic heterocycles. The first-order valence-electron chi connectivity index (χ1n) is 9.31. The molecule has 0 spiro atoms. The molecule has 2 aromatic carbocycles. The SMILES string of the molecule is CCn1nnc2cc(C(=O)Nc3ccc(NC(=O)[C@@H]4CCCO4)cc3)ccc21. The van der Waals surface area contributed by atoms with Gasteiger partial charge in [-0.15, -0.1) is 5.10 Å². The predicted molar refractivity (Wildman–Crippen MR) is 105 cm³/mol. The number of carbonyl (C=O) groups is 2. The van der Waals surface area contributed by atoms with Gasteiger partial charge in [0.2, 0.25) is 0 Å². The van der Waals surface area contributed by atoms with Crippen LogP contribution in [-0.2, 0) is 16.1 Å². The Kier molecular flexibility index (Phi) is 5.03. The third kappa shape index (κ3) is 3.72. The molecule has 1 aromatic heterocycles. The van der Waals surface area contributed by atoms with Crippen LogP contribution in [0.1, 0.15) is 30.1 Å². The number of anilines is 2. The summed E-state index contributed by atoms with van der Waals surface area (Å²) in [6.45, 7) is 3.34. The molecule has 2 heterocycles. The Morgan fingerprint density at radius 1 is 1.14 bits per heavy atom. The molecule has 2 N–H and O–H groups in total. The fourth-order valence-corrected chi connectivity index (χ4v) is 3.19. The number of fused-ring (bicyclic) bond motifs is 1. The van der Waals surface area contributed by atoms with Crippen molar-refractivity contribution < 1.29 is 14.3 Å². The Balaban J connectivity index is 1.41. The molecule has 1 aliphatic rings. The van der Waals surface area contributed by atoms with Gasteiger partial charge in [0.25, 0.3) is 11.8 Å². The molecule has 1 atom stereocenters. The second-order valence-electron chi connectivity index (χ2n) is 6.63. The lowest BCUT2D eigenvalue weighted by molar-refractivity contribution is -0.124. The molecule has 4 rings (SSSR count). The summed E-state index contributed by atoms with van der Waals surface area (Å²) in [6.07, 6.45) is 1.28. The van der Waals surface area contributed by atoms with E-state index in [4.69, 9.17) is 4.74 Å². The van der Waals surface area contributed by atoms with Crippen molar-refractivity contribution in [1.29, 1.82) is 0 Å². The van der Waals surface area contributed by atoms with Crippen molar-refractivity contribution in [2.45, 2.75) is 32.4 Å². The number of nitrogens with one attached hydrogen (secondary N) is 2. The second kappa shape index (κ2) is 7.77. The normalized spacial score (nSPS) is 16.2. The van der Waals surface area contributed by atoms with E-state index in [1.54, 1.807) is 41.1 Å². The highest BCUT2D eigenvalue weighted by molar-refractivity contribution is 6.06. The summed E-state index contributed by atoms with van der Waals surface area (Å²) in [7, 11) is 0. The summed E-state index contributed by atoms with van der Waals surface area (Å²) in [5.74, 6) is -0.369. The fourth-order valence-electron chi connectivity index (χ4n) is 3.19. The Morgan fingerprint density at radius 3 is 2.57 bits per heavy atom. The van der Waals surface area contributed by atoms with E-state index in [9.17, 15) is 9.59 Å². The van der Waals surface area contributed by atoms with Gasteiger partial charge in [0.1, 0.15) is 11.6 Å². The summed E-state index contributed by atoms with van der Waals surface area (Å²) in [4.78, 5) is 24.6. The van der Waals surface area contributed by atoms with Gasteiger partial charge in [-0.2, -0.15) is 0 Å². The molecule has 3 aromatic rings. The highest BCUT2D eigenvalue weighted by Gasteiger charge is 2.23. The maximum Gasteiger partial charge on any atom is 0.255 e. The van der Waals surface area contributed by atoms with E-state index in [1.165, 1.54) is 0 Å². The topological polar surface area (TPSA) is 98.1 Å². The number of aryl methyl sites for hydroxylation is 1. The van der Waals surface area contributed by atoms with Gasteiger partial charge in [-0.1, -0.05) is 5.21 Å². The highest BCUT2D eigenvalue weighted by atomic mass is 16.5. The summed E-state index contributed by atoms with van der Waals surface area (Å²) in [5.41, 5.74) is 3.38. The van der Waals surface area contributed by atoms with E-state index in [0.29, 0.717) is 29.1 Å². The molecule has 1 saturated heterocycles. The Morgan fingerprint density at radius 2 is 1.89 bits per heavy atom. The molecule has 8 nitrogen and oxygen atoms in total. The minimum absolute atomic E-state index is 0.136. The molecule has 8 heteroatoms. The van der Waals surface area contributed by atoms with Crippen LogP contribution in [0.15, 0.2) is 42.5 Å². The molecule has 2 amide bonds. The number of amides is 2. The lowest BCUT2D eigenvalue weighted by Crippen LogP contribution is -2.26. The fraction of sp³-hybridized carbons (Fsp3) is 0.300. The highest BCUT2D eigenvalue weighted by Crippen LogP contribution is 2.19. The zero-order valence-electron chi connectivity index (χ0n) is 15.5. The monoisotopic (exact) mass is 379 g/mol. The number of rotatable bonds is 5. The number of ether oxygens (including phenoxy) is 1. The number of aromatic nitrogens is 3. The molecule has 144 valence electrons. The first kappa shape index (κ1) is 18.1. The third-order valence-electron chi connectivity index (χ3n) is 4.71. The Labute approximate surface area is 161 Å². The summed E-state index contributed by atoms with van der Waals surface area (Å²) >= 11 is 0. The van der Waals surface area contributed by atoms with Crippen molar-refractivity contribution in [2.75, 3.05) is 17.2 Å². The molecule has 0 aliphatic carbocycles. The Bertz CT molecular complexity index is 1010. The van der Waals surface area contributed by atoms with Crippen LogP contribution in [0.4, 0.5) is 11.4 Å². The zero-order chi connectivity index (χ0) is 19.5. The number of carbonyl (C=O) groups excluding carboxylic acids is 2. The second-order valence-corrected chi connectivity index (χ2v) is 6.63. The summed E-state index contributed by atoms with van der Waals surface area (Å²) in [6, 6.07) is 12.3. The van der Waals surface area contributed by atoms with Gasteiger partial charge in [0, 0.05) is 30.1 Å². The standard InChI is InChI=1S/C20H21N5O3/c1-2-25-17-10-5-13(12-16(17)23-24-25)19(26)21-14-6-8-15(9-7-14)22-20(27)18-4-3-11-28-18/h5-10,12,18H,2-4,11H2,1H3,(H,21,26)(H,22,27)/t18-/m0/s1. The first-order valence-corrected chi connectivity index (χ1v) is 9.31. The lowest BCUT2D eigenvalue weighted by atomic mass is 10.1. The van der Waals surface area contributed by atoms with Gasteiger partial charge < -0.3 is 15.4 Å². The van der Waals surface area contributed by atoms with Crippen LogP contribution in [0.2, 0.25) is 0 Å². The van der Waals surface area contributed by atoms with E-state index in [0.717, 1.165) is 24.9 Å². The molecule has 1 fully saturated rings. The number of hydrogen-bond donors (Lipinski definition) is 2. The lowest BCUT2D eigenvalue weighted by Gasteiger charge is -2.11. The van der Waals surface area contributed by atoms with Crippen LogP contribution in [0.5, 0.6) is 0 Å². The van der Waals surface area contributed by atoms with Crippen molar-refractivity contribution in [3.8, 4) is 0 Å². The van der Waals surface area contributed by atoms with Gasteiger partial charge >= 0.3 is 0 Å². The van der Waals surface area contributed by atoms with Crippen molar-refractivity contribution in [3.05, 3.63) is 48.0 Å². The largest absolute Gasteiger partial charge is 0.368 e. The first-order chi connectivity index (χ1) is 13.6. The van der Waals surface area contributed by atoms with Crippen LogP contribution < -0.4 is 10.6 Å². The summed E-state index contributed by atoms with van der Waals surface area (Å²) in [5, 5.41) is 13.8. The average molecular weight is 379 g/mol. The molecule has 0 saturated carbocycles. The van der Waals surface area contributed by atoms with Gasteiger partial charge in [-0.3, -0.25) is 9.59 Å². The number of benzene rings is 2. The van der Waals surface area contributed by atoms with Crippen LogP contribution in [0.3, 0.4) is 0 Å². The molecule has 0 bridgehead atoms. The van der Waals surface area contributed by atoms with Crippen LogP contribution in [0, 0.1) is 0 Å². The number of nitrogens with zero attached hydrogens (tertiary/aromatic N) is 3. The van der Waals surface area contributed by atoms with E-state index < -0.39 is 0 Å². The minimum atomic E-state index is -0.375. The van der Waals surface area contributed by atoms with Crippen molar-refractivity contribution in [2.24, 2.45) is 0 Å². The predicted octanol–water partition coefficient (Wildman–Crippen LogP) is 2.82. The average Bonchev–Trinajstić information content (AvgIpc) is 3.38. The zero-order valence-corrected chi connectivity index (χ0v) is 15.5. The maximum absolute atomic E-state index is 12.5. The van der Waals surface area contributed by atoms with Crippen LogP contribution in [0.25, 0.3) is 11.0 Å². The van der Waals surface area contributed by atoms with Gasteiger partial charge in [0.15, 0.2) is 0 Å². The molecular weight excluding hydrogens is 358 g/mol. The smallest absolute Gasteiger partial charge is 0.255 e.